The van der Waals surface area contributed by atoms with E-state index in [2.05, 4.69) is 23.8 Å². The lowest BCUT2D eigenvalue weighted by molar-refractivity contribution is 0.689. The van der Waals surface area contributed by atoms with Gasteiger partial charge in [0, 0.05) is 18.3 Å². The first-order valence-corrected chi connectivity index (χ1v) is 3.34. The molecule has 0 amide bonds. The van der Waals surface area contributed by atoms with E-state index in [1.807, 2.05) is 6.20 Å². The van der Waals surface area contributed by atoms with Gasteiger partial charge in [0.05, 0.1) is 0 Å². The highest BCUT2D eigenvalue weighted by Gasteiger charge is 2.02. The van der Waals surface area contributed by atoms with E-state index in [0.717, 1.165) is 12.2 Å². The standard InChI is InChI=1S/C7H12N2/c1-3-6(2)7-8-4-5-9-7/h4-6H,3H2,1-2H3,(H,8,9)/t6-/m1/s1. The van der Waals surface area contributed by atoms with Gasteiger partial charge < -0.3 is 4.98 Å². The monoisotopic (exact) mass is 124 g/mol. The number of imidazole rings is 1. The van der Waals surface area contributed by atoms with E-state index in [1.54, 1.807) is 6.20 Å². The molecule has 0 aliphatic heterocycles. The SMILES string of the molecule is CC[C@@H](C)c1ncc[nH]1. The molecule has 0 aliphatic rings. The summed E-state index contributed by atoms with van der Waals surface area (Å²) in [6.07, 6.45) is 4.80. The maximum absolute atomic E-state index is 4.13. The number of aromatic amines is 1. The third-order valence-electron chi connectivity index (χ3n) is 1.60. The molecule has 1 rings (SSSR count). The molecule has 0 fully saturated rings. The molecule has 0 saturated heterocycles. The summed E-state index contributed by atoms with van der Waals surface area (Å²) in [6.45, 7) is 4.33. The Morgan fingerprint density at radius 2 is 2.56 bits per heavy atom. The van der Waals surface area contributed by atoms with Crippen molar-refractivity contribution in [2.45, 2.75) is 26.2 Å². The number of nitrogens with zero attached hydrogens (tertiary/aromatic N) is 1. The van der Waals surface area contributed by atoms with Crippen LogP contribution in [0.25, 0.3) is 0 Å². The van der Waals surface area contributed by atoms with Crippen LogP contribution in [0.5, 0.6) is 0 Å². The molecule has 1 aromatic rings. The van der Waals surface area contributed by atoms with Crippen molar-refractivity contribution in [3.8, 4) is 0 Å². The van der Waals surface area contributed by atoms with Gasteiger partial charge in [0.15, 0.2) is 0 Å². The van der Waals surface area contributed by atoms with Crippen LogP contribution in [0, 0.1) is 0 Å². The van der Waals surface area contributed by atoms with Crippen molar-refractivity contribution < 1.29 is 0 Å². The van der Waals surface area contributed by atoms with Crippen molar-refractivity contribution in [2.24, 2.45) is 0 Å². The minimum absolute atomic E-state index is 0.569. The summed E-state index contributed by atoms with van der Waals surface area (Å²) in [5, 5.41) is 0. The number of nitrogens with one attached hydrogen (secondary N) is 1. The third kappa shape index (κ3) is 1.31. The number of hydrogen-bond donors (Lipinski definition) is 1. The van der Waals surface area contributed by atoms with Gasteiger partial charge in [-0.1, -0.05) is 13.8 Å². The second-order valence-corrected chi connectivity index (χ2v) is 2.28. The van der Waals surface area contributed by atoms with Gasteiger partial charge in [-0.05, 0) is 6.42 Å². The summed E-state index contributed by atoms with van der Waals surface area (Å²) >= 11 is 0. The Labute approximate surface area is 55.3 Å². The minimum Gasteiger partial charge on any atom is -0.348 e. The highest BCUT2D eigenvalue weighted by molar-refractivity contribution is 4.93. The smallest absolute Gasteiger partial charge is 0.108 e. The van der Waals surface area contributed by atoms with Crippen LogP contribution in [-0.4, -0.2) is 9.97 Å². The summed E-state index contributed by atoms with van der Waals surface area (Å²) in [4.78, 5) is 7.21. The largest absolute Gasteiger partial charge is 0.348 e. The topological polar surface area (TPSA) is 28.7 Å². The lowest BCUT2D eigenvalue weighted by Gasteiger charge is -2.01. The van der Waals surface area contributed by atoms with Crippen LogP contribution >= 0.6 is 0 Å². The molecule has 50 valence electrons. The van der Waals surface area contributed by atoms with Gasteiger partial charge in [-0.15, -0.1) is 0 Å². The van der Waals surface area contributed by atoms with Gasteiger partial charge in [0.2, 0.25) is 0 Å². The molecule has 2 heteroatoms. The van der Waals surface area contributed by atoms with E-state index < -0.39 is 0 Å². The Balaban J connectivity index is 2.65. The minimum atomic E-state index is 0.569. The Morgan fingerprint density at radius 1 is 1.78 bits per heavy atom. The van der Waals surface area contributed by atoms with Crippen molar-refractivity contribution in [3.05, 3.63) is 18.2 Å². The Morgan fingerprint density at radius 3 is 3.00 bits per heavy atom. The van der Waals surface area contributed by atoms with Crippen molar-refractivity contribution in [3.63, 3.8) is 0 Å². The number of aromatic nitrogens is 2. The van der Waals surface area contributed by atoms with Crippen LogP contribution in [0.15, 0.2) is 12.4 Å². The molecular weight excluding hydrogens is 112 g/mol. The molecule has 1 N–H and O–H groups in total. The van der Waals surface area contributed by atoms with Crippen molar-refractivity contribution in [2.75, 3.05) is 0 Å². The average Bonchev–Trinajstić information content (AvgIpc) is 2.37. The zero-order valence-electron chi connectivity index (χ0n) is 5.89. The van der Waals surface area contributed by atoms with Crippen LogP contribution in [-0.2, 0) is 0 Å². The molecular formula is C7H12N2. The fourth-order valence-electron chi connectivity index (χ4n) is 0.740. The molecule has 0 radical (unpaired) electrons. The second kappa shape index (κ2) is 2.67. The van der Waals surface area contributed by atoms with E-state index in [4.69, 9.17) is 0 Å². The predicted octanol–water partition coefficient (Wildman–Crippen LogP) is 1.92. The zero-order chi connectivity index (χ0) is 6.69. The van der Waals surface area contributed by atoms with E-state index in [0.29, 0.717) is 5.92 Å². The molecule has 0 spiro atoms. The molecule has 0 saturated carbocycles. The number of H-pyrrole nitrogens is 1. The van der Waals surface area contributed by atoms with Gasteiger partial charge in [0.1, 0.15) is 5.82 Å². The molecule has 0 aromatic carbocycles. The Hall–Kier alpha value is -0.790. The van der Waals surface area contributed by atoms with Crippen LogP contribution in [0.2, 0.25) is 0 Å². The van der Waals surface area contributed by atoms with E-state index in [-0.39, 0.29) is 0 Å². The first kappa shape index (κ1) is 6.33. The number of hydrogen-bond acceptors (Lipinski definition) is 1. The molecule has 1 aromatic heterocycles. The fraction of sp³-hybridized carbons (Fsp3) is 0.571. The Bertz CT molecular complexity index is 155. The van der Waals surface area contributed by atoms with Gasteiger partial charge in [0.25, 0.3) is 0 Å². The first-order valence-electron chi connectivity index (χ1n) is 3.34. The number of rotatable bonds is 2. The fourth-order valence-corrected chi connectivity index (χ4v) is 0.740. The highest BCUT2D eigenvalue weighted by atomic mass is 14.9. The molecule has 1 atom stereocenters. The van der Waals surface area contributed by atoms with Gasteiger partial charge in [-0.25, -0.2) is 4.98 Å². The van der Waals surface area contributed by atoms with Gasteiger partial charge >= 0.3 is 0 Å². The molecule has 1 heterocycles. The van der Waals surface area contributed by atoms with Crippen molar-refractivity contribution in [1.82, 2.24) is 9.97 Å². The van der Waals surface area contributed by atoms with Crippen LogP contribution in [0.4, 0.5) is 0 Å². The van der Waals surface area contributed by atoms with Crippen LogP contribution < -0.4 is 0 Å². The molecule has 0 aliphatic carbocycles. The average molecular weight is 124 g/mol. The maximum Gasteiger partial charge on any atom is 0.108 e. The van der Waals surface area contributed by atoms with Crippen molar-refractivity contribution >= 4 is 0 Å². The predicted molar refractivity (Wildman–Crippen MR) is 37.3 cm³/mol. The van der Waals surface area contributed by atoms with E-state index >= 15 is 0 Å². The van der Waals surface area contributed by atoms with Crippen LogP contribution in [0.1, 0.15) is 32.0 Å². The van der Waals surface area contributed by atoms with Gasteiger partial charge in [-0.3, -0.25) is 0 Å². The molecule has 0 unspecified atom stereocenters. The van der Waals surface area contributed by atoms with E-state index in [9.17, 15) is 0 Å². The summed E-state index contributed by atoms with van der Waals surface area (Å²) < 4.78 is 0. The quantitative estimate of drug-likeness (QED) is 0.641. The third-order valence-corrected chi connectivity index (χ3v) is 1.60. The molecule has 0 bridgehead atoms. The van der Waals surface area contributed by atoms with Crippen LogP contribution in [0.3, 0.4) is 0 Å². The normalized spacial score (nSPS) is 13.6. The zero-order valence-corrected chi connectivity index (χ0v) is 5.89. The van der Waals surface area contributed by atoms with Gasteiger partial charge in [-0.2, -0.15) is 0 Å². The lowest BCUT2D eigenvalue weighted by atomic mass is 10.1. The van der Waals surface area contributed by atoms with E-state index in [1.165, 1.54) is 0 Å². The summed E-state index contributed by atoms with van der Waals surface area (Å²) in [6, 6.07) is 0. The van der Waals surface area contributed by atoms with Crippen molar-refractivity contribution in [1.29, 1.82) is 0 Å². The molecule has 9 heavy (non-hydrogen) atoms. The Kier molecular flexibility index (Phi) is 1.88. The lowest BCUT2D eigenvalue weighted by Crippen LogP contribution is -1.92. The second-order valence-electron chi connectivity index (χ2n) is 2.28. The maximum atomic E-state index is 4.13. The molecule has 2 nitrogen and oxygen atoms in total. The summed E-state index contributed by atoms with van der Waals surface area (Å²) in [7, 11) is 0. The first-order chi connectivity index (χ1) is 4.34. The summed E-state index contributed by atoms with van der Waals surface area (Å²) in [5.74, 6) is 1.66. The summed E-state index contributed by atoms with van der Waals surface area (Å²) in [5.41, 5.74) is 0. The highest BCUT2D eigenvalue weighted by Crippen LogP contribution is 2.12.